The Hall–Kier alpha value is -2.69. The summed E-state index contributed by atoms with van der Waals surface area (Å²) in [6.45, 7) is 0. The minimum absolute atomic E-state index is 0.311. The van der Waals surface area contributed by atoms with Crippen molar-refractivity contribution < 1.29 is 14.3 Å². The predicted octanol–water partition coefficient (Wildman–Crippen LogP) is 2.16. The number of methoxy groups -OCH3 is 1. The second-order valence-corrected chi connectivity index (χ2v) is 3.77. The minimum Gasteiger partial charge on any atom is -0.495 e. The van der Waals surface area contributed by atoms with E-state index in [0.29, 0.717) is 28.8 Å². The average Bonchev–Trinajstić information content (AvgIpc) is 2.48. The van der Waals surface area contributed by atoms with E-state index < -0.39 is 0 Å². The lowest BCUT2D eigenvalue weighted by Gasteiger charge is -2.10. The van der Waals surface area contributed by atoms with Gasteiger partial charge >= 0.3 is 0 Å². The van der Waals surface area contributed by atoms with Crippen LogP contribution in [0.2, 0.25) is 0 Å². The smallest absolute Gasteiger partial charge is 0.257 e. The van der Waals surface area contributed by atoms with E-state index in [1.165, 1.54) is 13.3 Å². The van der Waals surface area contributed by atoms with Gasteiger partial charge in [0.05, 0.1) is 18.4 Å². The zero-order valence-electron chi connectivity index (χ0n) is 10.3. The maximum atomic E-state index is 12.0. The van der Waals surface area contributed by atoms with Gasteiger partial charge in [0.25, 0.3) is 5.91 Å². The third kappa shape index (κ3) is 2.95. The molecule has 1 heterocycles. The fraction of sp³-hybridized carbons (Fsp3) is 0.0714. The molecule has 0 fully saturated rings. The van der Waals surface area contributed by atoms with Crippen molar-refractivity contribution in [1.29, 1.82) is 0 Å². The van der Waals surface area contributed by atoms with E-state index in [4.69, 9.17) is 4.74 Å². The van der Waals surface area contributed by atoms with Crippen LogP contribution >= 0.6 is 0 Å². The number of benzene rings is 1. The minimum atomic E-state index is -0.311. The highest BCUT2D eigenvalue weighted by molar-refractivity contribution is 6.05. The number of rotatable bonds is 4. The molecule has 0 aliphatic rings. The number of amides is 1. The first-order chi connectivity index (χ1) is 9.24. The maximum Gasteiger partial charge on any atom is 0.257 e. The Morgan fingerprint density at radius 3 is 2.84 bits per heavy atom. The number of anilines is 1. The molecular formula is C14H12N2O3. The Labute approximate surface area is 110 Å². The van der Waals surface area contributed by atoms with Crippen molar-refractivity contribution in [1.82, 2.24) is 4.98 Å². The molecule has 2 rings (SSSR count). The molecule has 96 valence electrons. The zero-order chi connectivity index (χ0) is 13.7. The van der Waals surface area contributed by atoms with Crippen LogP contribution in [0, 0.1) is 0 Å². The number of carbonyl (C=O) groups is 2. The van der Waals surface area contributed by atoms with Gasteiger partial charge in [-0.2, -0.15) is 0 Å². The number of hydrogen-bond acceptors (Lipinski definition) is 4. The second kappa shape index (κ2) is 5.77. The number of nitrogens with one attached hydrogen (secondary N) is 1. The van der Waals surface area contributed by atoms with Crippen LogP contribution in [0.3, 0.4) is 0 Å². The summed E-state index contributed by atoms with van der Waals surface area (Å²) in [5.41, 5.74) is 1.34. The van der Waals surface area contributed by atoms with Gasteiger partial charge in [0.2, 0.25) is 0 Å². The Morgan fingerprint density at radius 2 is 2.21 bits per heavy atom. The highest BCUT2D eigenvalue weighted by Crippen LogP contribution is 2.25. The quantitative estimate of drug-likeness (QED) is 0.851. The largest absolute Gasteiger partial charge is 0.495 e. The molecule has 0 aliphatic carbocycles. The summed E-state index contributed by atoms with van der Waals surface area (Å²) in [5.74, 6) is 0.178. The molecule has 0 radical (unpaired) electrons. The molecule has 1 aromatic heterocycles. The Balaban J connectivity index is 2.27. The molecule has 0 spiro atoms. The number of carbonyl (C=O) groups excluding carboxylic acids is 2. The van der Waals surface area contributed by atoms with E-state index in [0.717, 1.165) is 0 Å². The van der Waals surface area contributed by atoms with Gasteiger partial charge in [0.15, 0.2) is 0 Å². The first kappa shape index (κ1) is 12.8. The molecule has 2 aromatic rings. The Kier molecular flexibility index (Phi) is 3.87. The van der Waals surface area contributed by atoms with Crippen molar-refractivity contribution >= 4 is 17.9 Å². The predicted molar refractivity (Wildman–Crippen MR) is 70.6 cm³/mol. The first-order valence-corrected chi connectivity index (χ1v) is 5.59. The van der Waals surface area contributed by atoms with Gasteiger partial charge in [0.1, 0.15) is 12.0 Å². The van der Waals surface area contributed by atoms with Crippen LogP contribution < -0.4 is 10.1 Å². The van der Waals surface area contributed by atoms with Crippen LogP contribution in [0.15, 0.2) is 42.7 Å². The Morgan fingerprint density at radius 1 is 1.37 bits per heavy atom. The zero-order valence-corrected chi connectivity index (χ0v) is 10.3. The first-order valence-electron chi connectivity index (χ1n) is 5.59. The fourth-order valence-electron chi connectivity index (χ4n) is 1.59. The molecule has 0 aliphatic heterocycles. The fourth-order valence-corrected chi connectivity index (χ4v) is 1.59. The molecule has 0 saturated heterocycles. The number of pyridine rings is 1. The molecular weight excluding hydrogens is 244 g/mol. The van der Waals surface area contributed by atoms with Gasteiger partial charge < -0.3 is 10.1 Å². The lowest BCUT2D eigenvalue weighted by molar-refractivity contribution is 0.102. The molecule has 1 N–H and O–H groups in total. The third-order valence-corrected chi connectivity index (χ3v) is 2.53. The Bertz CT molecular complexity index is 597. The van der Waals surface area contributed by atoms with E-state index >= 15 is 0 Å². The van der Waals surface area contributed by atoms with E-state index in [2.05, 4.69) is 10.3 Å². The highest BCUT2D eigenvalue weighted by Gasteiger charge is 2.10. The number of aromatic nitrogens is 1. The van der Waals surface area contributed by atoms with Crippen molar-refractivity contribution in [2.45, 2.75) is 0 Å². The summed E-state index contributed by atoms with van der Waals surface area (Å²) in [6, 6.07) is 8.13. The van der Waals surface area contributed by atoms with Crippen molar-refractivity contribution in [3.05, 3.63) is 53.9 Å². The molecule has 0 saturated carbocycles. The van der Waals surface area contributed by atoms with Crippen LogP contribution in [0.4, 0.5) is 5.69 Å². The van der Waals surface area contributed by atoms with Crippen molar-refractivity contribution in [2.75, 3.05) is 12.4 Å². The van der Waals surface area contributed by atoms with Gasteiger partial charge in [-0.15, -0.1) is 0 Å². The van der Waals surface area contributed by atoms with Crippen molar-refractivity contribution in [3.63, 3.8) is 0 Å². The second-order valence-electron chi connectivity index (χ2n) is 3.77. The van der Waals surface area contributed by atoms with E-state index in [-0.39, 0.29) is 5.91 Å². The van der Waals surface area contributed by atoms with E-state index in [9.17, 15) is 9.59 Å². The molecule has 0 unspecified atom stereocenters. The SMILES string of the molecule is COc1ccc(C=O)cc1NC(=O)c1cccnc1. The van der Waals surface area contributed by atoms with Gasteiger partial charge in [-0.05, 0) is 30.3 Å². The monoisotopic (exact) mass is 256 g/mol. The topological polar surface area (TPSA) is 68.3 Å². The molecule has 5 nitrogen and oxygen atoms in total. The highest BCUT2D eigenvalue weighted by atomic mass is 16.5. The molecule has 1 aromatic carbocycles. The van der Waals surface area contributed by atoms with Crippen LogP contribution in [-0.4, -0.2) is 24.3 Å². The van der Waals surface area contributed by atoms with Crippen LogP contribution in [0.1, 0.15) is 20.7 Å². The summed E-state index contributed by atoms with van der Waals surface area (Å²) in [7, 11) is 1.50. The summed E-state index contributed by atoms with van der Waals surface area (Å²) in [5, 5.41) is 2.69. The maximum absolute atomic E-state index is 12.0. The molecule has 0 atom stereocenters. The van der Waals surface area contributed by atoms with Crippen LogP contribution in [0.5, 0.6) is 5.75 Å². The summed E-state index contributed by atoms with van der Waals surface area (Å²) < 4.78 is 5.14. The van der Waals surface area contributed by atoms with Crippen molar-refractivity contribution in [2.24, 2.45) is 0 Å². The van der Waals surface area contributed by atoms with Crippen molar-refractivity contribution in [3.8, 4) is 5.75 Å². The normalized spacial score (nSPS) is 9.74. The van der Waals surface area contributed by atoms with E-state index in [1.807, 2.05) is 0 Å². The number of nitrogens with zero attached hydrogens (tertiary/aromatic N) is 1. The lowest BCUT2D eigenvalue weighted by Crippen LogP contribution is -2.13. The molecule has 0 bridgehead atoms. The van der Waals surface area contributed by atoms with Gasteiger partial charge in [-0.3, -0.25) is 14.6 Å². The average molecular weight is 256 g/mol. The molecule has 1 amide bonds. The standard InChI is InChI=1S/C14H12N2O3/c1-19-13-5-4-10(9-17)7-12(13)16-14(18)11-3-2-6-15-8-11/h2-9H,1H3,(H,16,18). The van der Waals surface area contributed by atoms with Gasteiger partial charge in [0, 0.05) is 18.0 Å². The number of ether oxygens (including phenoxy) is 1. The molecule has 5 heteroatoms. The number of hydrogen-bond donors (Lipinski definition) is 1. The molecule has 19 heavy (non-hydrogen) atoms. The summed E-state index contributed by atoms with van der Waals surface area (Å²) in [6.07, 6.45) is 3.76. The number of aldehydes is 1. The van der Waals surface area contributed by atoms with Gasteiger partial charge in [-0.1, -0.05) is 0 Å². The van der Waals surface area contributed by atoms with Gasteiger partial charge in [-0.25, -0.2) is 0 Å². The lowest BCUT2D eigenvalue weighted by atomic mass is 10.2. The summed E-state index contributed by atoms with van der Waals surface area (Å²) in [4.78, 5) is 26.6. The van der Waals surface area contributed by atoms with Crippen LogP contribution in [-0.2, 0) is 0 Å². The third-order valence-electron chi connectivity index (χ3n) is 2.53. The summed E-state index contributed by atoms with van der Waals surface area (Å²) >= 11 is 0. The van der Waals surface area contributed by atoms with Crippen LogP contribution in [0.25, 0.3) is 0 Å². The van der Waals surface area contributed by atoms with E-state index in [1.54, 1.807) is 36.5 Å².